The molecule has 0 aliphatic carbocycles. The van der Waals surface area contributed by atoms with Gasteiger partial charge in [-0.3, -0.25) is 9.59 Å². The molecule has 1 rings (SSSR count). The highest BCUT2D eigenvalue weighted by Crippen LogP contribution is 2.13. The second-order valence-electron chi connectivity index (χ2n) is 4.37. The van der Waals surface area contributed by atoms with Crippen LogP contribution in [0.1, 0.15) is 6.42 Å². The zero-order valence-corrected chi connectivity index (χ0v) is 13.2. The Morgan fingerprint density at radius 2 is 1.96 bits per heavy atom. The van der Waals surface area contributed by atoms with Crippen LogP contribution in [0.15, 0.2) is 23.1 Å². The molecule has 0 aliphatic rings. The summed E-state index contributed by atoms with van der Waals surface area (Å²) in [6, 6.07) is 2.08. The highest BCUT2D eigenvalue weighted by Gasteiger charge is 2.17. The van der Waals surface area contributed by atoms with Gasteiger partial charge in [-0.05, 0) is 18.2 Å². The number of ether oxygens (including phenoxy) is 1. The van der Waals surface area contributed by atoms with Gasteiger partial charge in [0, 0.05) is 6.54 Å². The molecule has 2 N–H and O–H groups in total. The molecule has 0 atom stereocenters. The summed E-state index contributed by atoms with van der Waals surface area (Å²) >= 11 is 0. The maximum Gasteiger partial charge on any atom is 0.307 e. The third-order valence-corrected chi connectivity index (χ3v) is 4.03. The lowest BCUT2D eigenvalue weighted by Gasteiger charge is -2.07. The predicted octanol–water partition coefficient (Wildman–Crippen LogP) is -0.0742. The Kier molecular flexibility index (Phi) is 7.29. The van der Waals surface area contributed by atoms with Crippen molar-refractivity contribution in [2.75, 3.05) is 19.7 Å². The average Bonchev–Trinajstić information content (AvgIpc) is 2.53. The number of sulfonamides is 1. The van der Waals surface area contributed by atoms with Gasteiger partial charge in [-0.15, -0.1) is 6.42 Å². The second kappa shape index (κ2) is 8.95. The van der Waals surface area contributed by atoms with Gasteiger partial charge in [0.1, 0.15) is 0 Å². The van der Waals surface area contributed by atoms with E-state index in [2.05, 4.69) is 16.0 Å². The molecule has 0 aromatic heterocycles. The van der Waals surface area contributed by atoms with Crippen LogP contribution in [0.4, 0.5) is 8.78 Å². The van der Waals surface area contributed by atoms with Crippen molar-refractivity contribution in [1.82, 2.24) is 10.0 Å². The molecule has 0 saturated carbocycles. The molecule has 0 aliphatic heterocycles. The Labute approximate surface area is 137 Å². The lowest BCUT2D eigenvalue weighted by molar-refractivity contribution is -0.148. The van der Waals surface area contributed by atoms with Crippen molar-refractivity contribution in [3.63, 3.8) is 0 Å². The van der Waals surface area contributed by atoms with Crippen LogP contribution in [-0.4, -0.2) is 40.0 Å². The lowest BCUT2D eigenvalue weighted by Crippen LogP contribution is -2.30. The second-order valence-corrected chi connectivity index (χ2v) is 6.13. The molecule has 1 aromatic rings. The first-order valence-electron chi connectivity index (χ1n) is 6.57. The third kappa shape index (κ3) is 6.31. The molecule has 0 unspecified atom stereocenters. The first-order chi connectivity index (χ1) is 11.3. The van der Waals surface area contributed by atoms with E-state index >= 15 is 0 Å². The third-order valence-electron chi connectivity index (χ3n) is 2.57. The van der Waals surface area contributed by atoms with Crippen LogP contribution in [-0.2, 0) is 24.3 Å². The number of hydrogen-bond acceptors (Lipinski definition) is 5. The summed E-state index contributed by atoms with van der Waals surface area (Å²) in [5, 5.41) is 2.27. The Hall–Kier alpha value is -2.51. The zero-order valence-electron chi connectivity index (χ0n) is 12.3. The van der Waals surface area contributed by atoms with E-state index in [1.165, 1.54) is 0 Å². The van der Waals surface area contributed by atoms with Crippen molar-refractivity contribution in [3.05, 3.63) is 29.8 Å². The van der Waals surface area contributed by atoms with Gasteiger partial charge in [0.15, 0.2) is 18.2 Å². The number of amides is 1. The summed E-state index contributed by atoms with van der Waals surface area (Å²) < 4.78 is 56.1. The largest absolute Gasteiger partial charge is 0.456 e. The Morgan fingerprint density at radius 3 is 2.58 bits per heavy atom. The first kappa shape index (κ1) is 19.5. The molecule has 1 aromatic carbocycles. The van der Waals surface area contributed by atoms with E-state index in [0.29, 0.717) is 12.1 Å². The molecule has 130 valence electrons. The minimum Gasteiger partial charge on any atom is -0.456 e. The summed E-state index contributed by atoms with van der Waals surface area (Å²) in [5.74, 6) is -1.74. The average molecular weight is 360 g/mol. The number of halogens is 2. The van der Waals surface area contributed by atoms with E-state index in [9.17, 15) is 26.8 Å². The number of hydrogen-bond donors (Lipinski definition) is 2. The van der Waals surface area contributed by atoms with Gasteiger partial charge in [0.2, 0.25) is 10.0 Å². The number of esters is 1. The predicted molar refractivity (Wildman–Crippen MR) is 79.0 cm³/mol. The summed E-state index contributed by atoms with van der Waals surface area (Å²) in [7, 11) is -4.10. The van der Waals surface area contributed by atoms with Crippen molar-refractivity contribution in [1.29, 1.82) is 0 Å². The normalized spacial score (nSPS) is 10.7. The van der Waals surface area contributed by atoms with Gasteiger partial charge in [0.05, 0.1) is 17.9 Å². The minimum atomic E-state index is -4.10. The molecule has 0 heterocycles. The molecule has 0 bridgehead atoms. The number of rotatable bonds is 8. The Morgan fingerprint density at radius 1 is 1.25 bits per heavy atom. The molecule has 10 heteroatoms. The summed E-state index contributed by atoms with van der Waals surface area (Å²) in [4.78, 5) is 22.0. The molecule has 1 amide bonds. The van der Waals surface area contributed by atoms with Gasteiger partial charge in [-0.2, -0.15) is 0 Å². The molecular formula is C14H14F2N2O5S. The van der Waals surface area contributed by atoms with Gasteiger partial charge in [0.25, 0.3) is 5.91 Å². The van der Waals surface area contributed by atoms with Gasteiger partial charge in [-0.25, -0.2) is 21.9 Å². The zero-order chi connectivity index (χ0) is 18.2. The summed E-state index contributed by atoms with van der Waals surface area (Å²) in [5.41, 5.74) is 0. The number of carbonyl (C=O) groups excluding carboxylic acids is 2. The molecule has 0 spiro atoms. The van der Waals surface area contributed by atoms with Gasteiger partial charge < -0.3 is 10.1 Å². The number of benzene rings is 1. The topological polar surface area (TPSA) is 102 Å². The Balaban J connectivity index is 2.43. The highest BCUT2D eigenvalue weighted by molar-refractivity contribution is 7.89. The maximum atomic E-state index is 13.0. The van der Waals surface area contributed by atoms with Crippen LogP contribution in [0.25, 0.3) is 0 Å². The van der Waals surface area contributed by atoms with E-state index < -0.39 is 45.0 Å². The van der Waals surface area contributed by atoms with Gasteiger partial charge in [-0.1, -0.05) is 5.92 Å². The number of nitrogens with one attached hydrogen (secondary N) is 2. The van der Waals surface area contributed by atoms with Crippen LogP contribution < -0.4 is 10.0 Å². The Bertz CT molecular complexity index is 759. The van der Waals surface area contributed by atoms with E-state index in [1.54, 1.807) is 0 Å². The van der Waals surface area contributed by atoms with Gasteiger partial charge >= 0.3 is 5.97 Å². The smallest absolute Gasteiger partial charge is 0.307 e. The first-order valence-corrected chi connectivity index (χ1v) is 8.05. The summed E-state index contributed by atoms with van der Waals surface area (Å²) in [6.07, 6.45) is 4.57. The van der Waals surface area contributed by atoms with Crippen molar-refractivity contribution < 1.29 is 31.5 Å². The molecule has 0 saturated heterocycles. The molecule has 0 radical (unpaired) electrons. The van der Waals surface area contributed by atoms with Crippen LogP contribution in [0.5, 0.6) is 0 Å². The lowest BCUT2D eigenvalue weighted by atomic mass is 10.3. The van der Waals surface area contributed by atoms with E-state index in [-0.39, 0.29) is 19.5 Å². The number of terminal acetylenes is 1. The highest BCUT2D eigenvalue weighted by atomic mass is 32.2. The van der Waals surface area contributed by atoms with Crippen LogP contribution >= 0.6 is 0 Å². The number of carbonyl (C=O) groups is 2. The van der Waals surface area contributed by atoms with Crippen molar-refractivity contribution in [2.45, 2.75) is 11.3 Å². The SMILES string of the molecule is C#CCNC(=O)COC(=O)CCNS(=O)(=O)c1ccc(F)c(F)c1. The maximum absolute atomic E-state index is 13.0. The monoisotopic (exact) mass is 360 g/mol. The fourth-order valence-corrected chi connectivity index (χ4v) is 2.48. The quantitative estimate of drug-likeness (QED) is 0.499. The molecule has 24 heavy (non-hydrogen) atoms. The van der Waals surface area contributed by atoms with Crippen LogP contribution in [0.3, 0.4) is 0 Å². The minimum absolute atomic E-state index is 0.00951. The fraction of sp³-hybridized carbons (Fsp3) is 0.286. The standard InChI is InChI=1S/C14H14F2N2O5S/c1-2-6-17-13(19)9-23-14(20)5-7-18-24(21,22)10-3-4-11(15)12(16)8-10/h1,3-4,8,18H,5-7,9H2,(H,17,19). The van der Waals surface area contributed by atoms with Crippen molar-refractivity contribution >= 4 is 21.9 Å². The van der Waals surface area contributed by atoms with Crippen molar-refractivity contribution in [2.24, 2.45) is 0 Å². The fourth-order valence-electron chi connectivity index (χ4n) is 1.43. The molecular weight excluding hydrogens is 346 g/mol. The summed E-state index contributed by atoms with van der Waals surface area (Å²) in [6.45, 7) is -0.896. The van der Waals surface area contributed by atoms with Crippen LogP contribution in [0, 0.1) is 24.0 Å². The van der Waals surface area contributed by atoms with E-state index in [0.717, 1.165) is 6.07 Å². The van der Waals surface area contributed by atoms with Crippen molar-refractivity contribution in [3.8, 4) is 12.3 Å². The van der Waals surface area contributed by atoms with E-state index in [1.807, 2.05) is 4.72 Å². The molecule has 7 nitrogen and oxygen atoms in total. The molecule has 0 fully saturated rings. The van der Waals surface area contributed by atoms with E-state index in [4.69, 9.17) is 6.42 Å². The van der Waals surface area contributed by atoms with Crippen LogP contribution in [0.2, 0.25) is 0 Å².